The van der Waals surface area contributed by atoms with Crippen molar-refractivity contribution in [2.24, 2.45) is 5.73 Å². The minimum Gasteiger partial charge on any atom is -0.391 e. The number of carbonyl (C=O) groups is 1. The van der Waals surface area contributed by atoms with Crippen LogP contribution < -0.4 is 11.1 Å². The average molecular weight is 268 g/mol. The molecule has 5 heteroatoms. The van der Waals surface area contributed by atoms with Crippen LogP contribution in [0.4, 0.5) is 0 Å². The summed E-state index contributed by atoms with van der Waals surface area (Å²) in [6.45, 7) is 0. The summed E-state index contributed by atoms with van der Waals surface area (Å²) >= 11 is 6.65. The second-order valence-corrected chi connectivity index (χ2v) is 5.69. The number of hydrogen-bond acceptors (Lipinski definition) is 3. The summed E-state index contributed by atoms with van der Waals surface area (Å²) in [7, 11) is 0. The Hall–Kier alpha value is -0.940. The summed E-state index contributed by atoms with van der Waals surface area (Å²) in [6.07, 6.45) is 5.05. The van der Waals surface area contributed by atoms with Gasteiger partial charge in [0.2, 0.25) is 0 Å². The molecule has 1 aliphatic rings. The summed E-state index contributed by atoms with van der Waals surface area (Å²) in [5.74, 6) is -0.0686. The lowest BCUT2D eigenvalue weighted by Gasteiger charge is -2.37. The number of amides is 1. The lowest BCUT2D eigenvalue weighted by Crippen LogP contribution is -2.57. The van der Waals surface area contributed by atoms with Gasteiger partial charge in [-0.1, -0.05) is 31.5 Å². The van der Waals surface area contributed by atoms with Crippen molar-refractivity contribution in [2.75, 3.05) is 0 Å². The Balaban J connectivity index is 2.13. The van der Waals surface area contributed by atoms with Gasteiger partial charge in [-0.05, 0) is 24.3 Å². The smallest absolute Gasteiger partial charge is 0.252 e. The zero-order valence-electron chi connectivity index (χ0n) is 9.57. The highest BCUT2D eigenvalue weighted by Crippen LogP contribution is 2.29. The monoisotopic (exact) mass is 268 g/mol. The second kappa shape index (κ2) is 5.14. The number of carbonyl (C=O) groups excluding carboxylic acids is 1. The lowest BCUT2D eigenvalue weighted by atomic mass is 9.81. The van der Waals surface area contributed by atoms with E-state index in [1.54, 1.807) is 0 Å². The van der Waals surface area contributed by atoms with Crippen molar-refractivity contribution in [1.82, 2.24) is 5.32 Å². The molecule has 0 bridgehead atoms. The molecule has 3 N–H and O–H groups in total. The molecule has 1 heterocycles. The maximum Gasteiger partial charge on any atom is 0.252 e. The van der Waals surface area contributed by atoms with Crippen LogP contribution in [0.25, 0.3) is 0 Å². The third-order valence-electron chi connectivity index (χ3n) is 3.31. The number of thiocarbonyl (C=S) groups is 1. The van der Waals surface area contributed by atoms with Gasteiger partial charge in [0.15, 0.2) is 0 Å². The highest BCUT2D eigenvalue weighted by molar-refractivity contribution is 7.80. The van der Waals surface area contributed by atoms with Crippen molar-refractivity contribution < 1.29 is 4.79 Å². The van der Waals surface area contributed by atoms with Gasteiger partial charge in [-0.2, -0.15) is 11.3 Å². The first-order valence-corrected chi connectivity index (χ1v) is 7.14. The highest BCUT2D eigenvalue weighted by Gasteiger charge is 2.36. The molecule has 0 atom stereocenters. The van der Waals surface area contributed by atoms with Crippen molar-refractivity contribution in [3.63, 3.8) is 0 Å². The summed E-state index contributed by atoms with van der Waals surface area (Å²) in [5, 5.41) is 6.77. The van der Waals surface area contributed by atoms with Crippen LogP contribution in [0.3, 0.4) is 0 Å². The van der Waals surface area contributed by atoms with Gasteiger partial charge in [0.25, 0.3) is 5.91 Å². The number of rotatable bonds is 3. The van der Waals surface area contributed by atoms with E-state index in [9.17, 15) is 4.79 Å². The van der Waals surface area contributed by atoms with Crippen LogP contribution in [0.1, 0.15) is 42.5 Å². The van der Waals surface area contributed by atoms with Gasteiger partial charge >= 0.3 is 0 Å². The van der Waals surface area contributed by atoms with E-state index in [0.29, 0.717) is 10.6 Å². The van der Waals surface area contributed by atoms with Crippen LogP contribution in [-0.2, 0) is 0 Å². The molecule has 2 rings (SSSR count). The van der Waals surface area contributed by atoms with Crippen LogP contribution in [0, 0.1) is 0 Å². The lowest BCUT2D eigenvalue weighted by molar-refractivity contribution is 0.0909. The SMILES string of the molecule is NC(=S)C1(NC(=O)c2ccsc2)CCCCC1. The van der Waals surface area contributed by atoms with Crippen molar-refractivity contribution in [3.05, 3.63) is 22.4 Å². The van der Waals surface area contributed by atoms with Gasteiger partial charge < -0.3 is 11.1 Å². The summed E-state index contributed by atoms with van der Waals surface area (Å²) < 4.78 is 0. The number of thiophene rings is 1. The standard InChI is InChI=1S/C12H16N2OS2/c13-11(16)12(5-2-1-3-6-12)14-10(15)9-4-7-17-8-9/h4,7-8H,1-3,5-6H2,(H2,13,16)(H,14,15). The van der Waals surface area contributed by atoms with Crippen LogP contribution in [-0.4, -0.2) is 16.4 Å². The van der Waals surface area contributed by atoms with Crippen LogP contribution in [0.2, 0.25) is 0 Å². The summed E-state index contributed by atoms with van der Waals surface area (Å²) in [5.41, 5.74) is 6.05. The average Bonchev–Trinajstić information content (AvgIpc) is 2.83. The molecule has 1 amide bonds. The molecule has 0 aromatic carbocycles. The molecule has 3 nitrogen and oxygen atoms in total. The molecular weight excluding hydrogens is 252 g/mol. The fourth-order valence-electron chi connectivity index (χ4n) is 2.27. The first-order valence-electron chi connectivity index (χ1n) is 5.79. The topological polar surface area (TPSA) is 55.1 Å². The predicted octanol–water partition coefficient (Wildman–Crippen LogP) is 2.47. The Morgan fingerprint density at radius 1 is 1.41 bits per heavy atom. The maximum atomic E-state index is 12.1. The first kappa shape index (κ1) is 12.5. The Labute approximate surface area is 110 Å². The minimum atomic E-state index is -0.466. The highest BCUT2D eigenvalue weighted by atomic mass is 32.1. The number of nitrogens with two attached hydrogens (primary N) is 1. The fourth-order valence-corrected chi connectivity index (χ4v) is 3.16. The molecule has 0 aliphatic heterocycles. The fraction of sp³-hybridized carbons (Fsp3) is 0.500. The van der Waals surface area contributed by atoms with Gasteiger partial charge in [-0.25, -0.2) is 0 Å². The van der Waals surface area contributed by atoms with E-state index in [4.69, 9.17) is 18.0 Å². The molecule has 0 spiro atoms. The Kier molecular flexibility index (Phi) is 3.79. The van der Waals surface area contributed by atoms with Gasteiger partial charge in [-0.3, -0.25) is 4.79 Å². The second-order valence-electron chi connectivity index (χ2n) is 4.47. The van der Waals surface area contributed by atoms with Crippen molar-refractivity contribution >= 4 is 34.5 Å². The summed E-state index contributed by atoms with van der Waals surface area (Å²) in [6, 6.07) is 1.82. The number of hydrogen-bond donors (Lipinski definition) is 2. The molecule has 1 fully saturated rings. The molecule has 1 aromatic heterocycles. The van der Waals surface area contributed by atoms with Crippen LogP contribution in [0.15, 0.2) is 16.8 Å². The quantitative estimate of drug-likeness (QED) is 0.828. The van der Waals surface area contributed by atoms with Crippen molar-refractivity contribution in [1.29, 1.82) is 0 Å². The first-order chi connectivity index (χ1) is 8.14. The van der Waals surface area contributed by atoms with Crippen molar-refractivity contribution in [3.8, 4) is 0 Å². The third kappa shape index (κ3) is 2.66. The van der Waals surface area contributed by atoms with E-state index in [2.05, 4.69) is 5.32 Å². The molecule has 1 aromatic rings. The third-order valence-corrected chi connectivity index (χ3v) is 4.39. The zero-order valence-corrected chi connectivity index (χ0v) is 11.2. The normalized spacial score (nSPS) is 18.6. The molecule has 1 saturated carbocycles. The molecular formula is C12H16N2OS2. The predicted molar refractivity (Wildman–Crippen MR) is 74.4 cm³/mol. The van der Waals surface area contributed by atoms with Gasteiger partial charge in [0, 0.05) is 5.38 Å². The minimum absolute atomic E-state index is 0.0686. The molecule has 0 radical (unpaired) electrons. The van der Waals surface area contributed by atoms with E-state index < -0.39 is 5.54 Å². The largest absolute Gasteiger partial charge is 0.391 e. The van der Waals surface area contributed by atoms with Crippen molar-refractivity contribution in [2.45, 2.75) is 37.6 Å². The van der Waals surface area contributed by atoms with Gasteiger partial charge in [0.1, 0.15) is 0 Å². The van der Waals surface area contributed by atoms with E-state index in [1.165, 1.54) is 17.8 Å². The molecule has 1 aliphatic carbocycles. The van der Waals surface area contributed by atoms with Gasteiger partial charge in [0.05, 0.1) is 16.1 Å². The summed E-state index contributed by atoms with van der Waals surface area (Å²) in [4.78, 5) is 12.5. The molecule has 0 saturated heterocycles. The Bertz CT molecular complexity index is 408. The van der Waals surface area contributed by atoms with Crippen LogP contribution >= 0.6 is 23.6 Å². The van der Waals surface area contributed by atoms with E-state index in [-0.39, 0.29) is 5.91 Å². The van der Waals surface area contributed by atoms with Crippen LogP contribution in [0.5, 0.6) is 0 Å². The maximum absolute atomic E-state index is 12.1. The zero-order chi connectivity index (χ0) is 12.3. The molecule has 92 valence electrons. The molecule has 17 heavy (non-hydrogen) atoms. The number of nitrogens with one attached hydrogen (secondary N) is 1. The Morgan fingerprint density at radius 3 is 2.65 bits per heavy atom. The molecule has 0 unspecified atom stereocenters. The van der Waals surface area contributed by atoms with E-state index in [1.807, 2.05) is 16.8 Å². The van der Waals surface area contributed by atoms with E-state index in [0.717, 1.165) is 25.7 Å². The van der Waals surface area contributed by atoms with Gasteiger partial charge in [-0.15, -0.1) is 0 Å². The Morgan fingerprint density at radius 2 is 2.12 bits per heavy atom. The van der Waals surface area contributed by atoms with E-state index >= 15 is 0 Å².